The van der Waals surface area contributed by atoms with E-state index in [0.717, 1.165) is 22.4 Å². The second kappa shape index (κ2) is 9.73. The molecule has 0 saturated carbocycles. The molecule has 1 aliphatic heterocycles. The minimum absolute atomic E-state index is 0.0827. The van der Waals surface area contributed by atoms with Crippen LogP contribution in [0.5, 0.6) is 5.75 Å². The smallest absolute Gasteiger partial charge is 0.355 e. The van der Waals surface area contributed by atoms with E-state index in [1.165, 1.54) is 4.90 Å². The van der Waals surface area contributed by atoms with Crippen LogP contribution in [0.3, 0.4) is 0 Å². The van der Waals surface area contributed by atoms with Gasteiger partial charge in [0.1, 0.15) is 11.4 Å². The van der Waals surface area contributed by atoms with Crippen molar-refractivity contribution in [3.8, 4) is 5.75 Å². The molecular formula is C24H25NO4. The molecule has 150 valence electrons. The largest absolute Gasteiger partial charge is 0.497 e. The van der Waals surface area contributed by atoms with Gasteiger partial charge in [-0.1, -0.05) is 54.6 Å². The van der Waals surface area contributed by atoms with E-state index in [1.54, 1.807) is 14.0 Å². The summed E-state index contributed by atoms with van der Waals surface area (Å²) < 4.78 is 10.5. The van der Waals surface area contributed by atoms with Gasteiger partial charge in [-0.2, -0.15) is 0 Å². The van der Waals surface area contributed by atoms with Crippen molar-refractivity contribution < 1.29 is 19.1 Å². The van der Waals surface area contributed by atoms with E-state index >= 15 is 0 Å². The molecule has 2 aromatic rings. The molecule has 3 rings (SSSR count). The lowest BCUT2D eigenvalue weighted by molar-refractivity contribution is -0.145. The zero-order valence-corrected chi connectivity index (χ0v) is 16.8. The molecule has 29 heavy (non-hydrogen) atoms. The number of carbonyl (C=O) groups is 2. The first-order chi connectivity index (χ1) is 14.1. The molecule has 5 heteroatoms. The van der Waals surface area contributed by atoms with Gasteiger partial charge in [0.25, 0.3) is 0 Å². The Morgan fingerprint density at radius 1 is 1.03 bits per heavy atom. The first-order valence-corrected chi connectivity index (χ1v) is 9.69. The second-order valence-corrected chi connectivity index (χ2v) is 6.67. The van der Waals surface area contributed by atoms with Gasteiger partial charge in [-0.15, -0.1) is 0 Å². The summed E-state index contributed by atoms with van der Waals surface area (Å²) in [5.41, 5.74) is 3.07. The molecular weight excluding hydrogens is 366 g/mol. The molecule has 0 aliphatic carbocycles. The number of nitrogens with zero attached hydrogens (tertiary/aromatic N) is 1. The van der Waals surface area contributed by atoms with Crippen molar-refractivity contribution in [3.63, 3.8) is 0 Å². The van der Waals surface area contributed by atoms with Crippen molar-refractivity contribution in [1.82, 2.24) is 4.90 Å². The number of esters is 1. The molecule has 1 amide bonds. The maximum absolute atomic E-state index is 12.7. The van der Waals surface area contributed by atoms with E-state index in [2.05, 4.69) is 0 Å². The number of rotatable bonds is 7. The average Bonchev–Trinajstić information content (AvgIpc) is 2.75. The number of hydrogen-bond acceptors (Lipinski definition) is 4. The van der Waals surface area contributed by atoms with E-state index < -0.39 is 5.97 Å². The Kier molecular flexibility index (Phi) is 6.85. The molecule has 0 bridgehead atoms. The minimum atomic E-state index is -0.471. The number of amides is 1. The molecule has 2 aromatic carbocycles. The van der Waals surface area contributed by atoms with Gasteiger partial charge in [0.2, 0.25) is 5.91 Å². The van der Waals surface area contributed by atoms with Gasteiger partial charge < -0.3 is 14.4 Å². The third-order valence-electron chi connectivity index (χ3n) is 4.73. The number of hydrogen-bond donors (Lipinski definition) is 0. The highest BCUT2D eigenvalue weighted by Gasteiger charge is 2.31. The van der Waals surface area contributed by atoms with Gasteiger partial charge in [0.15, 0.2) is 0 Å². The predicted molar refractivity (Wildman–Crippen MR) is 112 cm³/mol. The number of ether oxygens (including phenoxy) is 2. The zero-order valence-electron chi connectivity index (χ0n) is 16.8. The van der Waals surface area contributed by atoms with E-state index in [-0.39, 0.29) is 12.5 Å². The van der Waals surface area contributed by atoms with Gasteiger partial charge in [0.05, 0.1) is 20.3 Å². The fourth-order valence-corrected chi connectivity index (χ4v) is 3.24. The fourth-order valence-electron chi connectivity index (χ4n) is 3.24. The molecule has 0 radical (unpaired) electrons. The fraction of sp³-hybridized carbons (Fsp3) is 0.250. The molecule has 0 fully saturated rings. The summed E-state index contributed by atoms with van der Waals surface area (Å²) in [5, 5.41) is 0. The Labute approximate surface area is 171 Å². The lowest BCUT2D eigenvalue weighted by Gasteiger charge is -2.30. The van der Waals surface area contributed by atoms with Crippen LogP contribution in [0.15, 0.2) is 71.9 Å². The lowest BCUT2D eigenvalue weighted by Crippen LogP contribution is -2.37. The van der Waals surface area contributed by atoms with E-state index in [9.17, 15) is 9.59 Å². The predicted octanol–water partition coefficient (Wildman–Crippen LogP) is 4.35. The van der Waals surface area contributed by atoms with Crippen LogP contribution in [0.1, 0.15) is 30.9 Å². The van der Waals surface area contributed by atoms with Gasteiger partial charge in [-0.25, -0.2) is 4.79 Å². The summed E-state index contributed by atoms with van der Waals surface area (Å²) in [7, 11) is 1.61. The molecule has 0 spiro atoms. The first kappa shape index (κ1) is 20.4. The van der Waals surface area contributed by atoms with Crippen LogP contribution in [0.25, 0.3) is 6.08 Å². The monoisotopic (exact) mass is 391 g/mol. The van der Waals surface area contributed by atoms with Crippen LogP contribution in [0.2, 0.25) is 0 Å². The maximum Gasteiger partial charge on any atom is 0.355 e. The second-order valence-electron chi connectivity index (χ2n) is 6.67. The maximum atomic E-state index is 12.7. The highest BCUT2D eigenvalue weighted by atomic mass is 16.5. The minimum Gasteiger partial charge on any atom is -0.497 e. The van der Waals surface area contributed by atoms with Crippen LogP contribution in [0, 0.1) is 0 Å². The molecule has 0 unspecified atom stereocenters. The van der Waals surface area contributed by atoms with Crippen molar-refractivity contribution in [2.45, 2.75) is 26.3 Å². The number of allylic oxidation sites excluding steroid dienone is 2. The van der Waals surface area contributed by atoms with Gasteiger partial charge in [-0.05, 0) is 42.2 Å². The number of carbonyl (C=O) groups excluding carboxylic acids is 2. The standard InChI is InChI=1S/C24H25NO4/c1-3-29-24(27)23-20(12-9-18-7-5-4-6-8-18)13-16-22(26)25(23)17-19-10-14-21(28-2)15-11-19/h4-12,14-15H,3,13,16-17H2,1-2H3/b12-9+. The van der Waals surface area contributed by atoms with Crippen LogP contribution in [-0.2, 0) is 20.9 Å². The molecule has 0 atom stereocenters. The highest BCUT2D eigenvalue weighted by Crippen LogP contribution is 2.28. The molecule has 0 aromatic heterocycles. The average molecular weight is 391 g/mol. The lowest BCUT2D eigenvalue weighted by atomic mass is 9.99. The first-order valence-electron chi connectivity index (χ1n) is 9.69. The van der Waals surface area contributed by atoms with E-state index in [4.69, 9.17) is 9.47 Å². The Morgan fingerprint density at radius 2 is 1.76 bits per heavy atom. The summed E-state index contributed by atoms with van der Waals surface area (Å²) in [6.07, 6.45) is 4.73. The summed E-state index contributed by atoms with van der Waals surface area (Å²) in [5.74, 6) is 0.189. The normalized spacial score (nSPS) is 14.4. The van der Waals surface area contributed by atoms with Crippen LogP contribution in [0.4, 0.5) is 0 Å². The SMILES string of the molecule is CCOC(=O)C1=C(/C=C/c2ccccc2)CCC(=O)N1Cc1ccc(OC)cc1. The van der Waals surface area contributed by atoms with Crippen molar-refractivity contribution in [1.29, 1.82) is 0 Å². The van der Waals surface area contributed by atoms with Crippen molar-refractivity contribution >= 4 is 18.0 Å². The van der Waals surface area contributed by atoms with E-state index in [1.807, 2.05) is 66.7 Å². The summed E-state index contributed by atoms with van der Waals surface area (Å²) in [6, 6.07) is 17.3. The quantitative estimate of drug-likeness (QED) is 0.659. The Bertz CT molecular complexity index is 914. The number of methoxy groups -OCH3 is 1. The topological polar surface area (TPSA) is 55.8 Å². The van der Waals surface area contributed by atoms with E-state index in [0.29, 0.717) is 25.1 Å². The van der Waals surface area contributed by atoms with Crippen molar-refractivity contribution in [3.05, 3.63) is 83.1 Å². The molecule has 0 saturated heterocycles. The van der Waals surface area contributed by atoms with Crippen LogP contribution >= 0.6 is 0 Å². The molecule has 0 N–H and O–H groups in total. The molecule has 1 aliphatic rings. The summed E-state index contributed by atoms with van der Waals surface area (Å²) >= 11 is 0. The Balaban J connectivity index is 1.95. The Hall–Kier alpha value is -3.34. The highest BCUT2D eigenvalue weighted by molar-refractivity contribution is 5.96. The summed E-state index contributed by atoms with van der Waals surface area (Å²) in [6.45, 7) is 2.32. The van der Waals surface area contributed by atoms with Crippen molar-refractivity contribution in [2.75, 3.05) is 13.7 Å². The van der Waals surface area contributed by atoms with Gasteiger partial charge in [0, 0.05) is 6.42 Å². The zero-order chi connectivity index (χ0) is 20.6. The summed E-state index contributed by atoms with van der Waals surface area (Å²) in [4.78, 5) is 27.0. The van der Waals surface area contributed by atoms with Crippen molar-refractivity contribution in [2.24, 2.45) is 0 Å². The molecule has 1 heterocycles. The van der Waals surface area contributed by atoms with Gasteiger partial charge in [-0.3, -0.25) is 4.79 Å². The Morgan fingerprint density at radius 3 is 2.41 bits per heavy atom. The number of benzene rings is 2. The molecule has 5 nitrogen and oxygen atoms in total. The van der Waals surface area contributed by atoms with Crippen LogP contribution < -0.4 is 4.74 Å². The third kappa shape index (κ3) is 5.13. The van der Waals surface area contributed by atoms with Gasteiger partial charge >= 0.3 is 5.97 Å². The third-order valence-corrected chi connectivity index (χ3v) is 4.73. The van der Waals surface area contributed by atoms with Crippen LogP contribution in [-0.4, -0.2) is 30.5 Å².